The van der Waals surface area contributed by atoms with Gasteiger partial charge < -0.3 is 15.0 Å². The molecule has 1 fully saturated rings. The van der Waals surface area contributed by atoms with Crippen LogP contribution < -0.4 is 10.1 Å². The molecule has 0 bridgehead atoms. The Kier molecular flexibility index (Phi) is 7.23. The summed E-state index contributed by atoms with van der Waals surface area (Å²) in [5, 5.41) is 3.05. The number of rotatable bonds is 5. The molecule has 10 heteroatoms. The van der Waals surface area contributed by atoms with Crippen LogP contribution in [0.2, 0.25) is 0 Å². The molecule has 1 aromatic carbocycles. The Morgan fingerprint density at radius 3 is 2.37 bits per heavy atom. The van der Waals surface area contributed by atoms with E-state index >= 15 is 0 Å². The smallest absolute Gasteiger partial charge is 0.403 e. The third-order valence-corrected chi connectivity index (χ3v) is 4.47. The maximum absolute atomic E-state index is 12.8. The van der Waals surface area contributed by atoms with E-state index in [1.54, 1.807) is 25.2 Å². The minimum Gasteiger partial charge on any atom is -0.434 e. The van der Waals surface area contributed by atoms with E-state index in [0.29, 0.717) is 24.6 Å². The highest BCUT2D eigenvalue weighted by Gasteiger charge is 2.41. The van der Waals surface area contributed by atoms with Gasteiger partial charge in [-0.3, -0.25) is 9.89 Å². The lowest BCUT2D eigenvalue weighted by Gasteiger charge is -2.39. The van der Waals surface area contributed by atoms with Crippen molar-refractivity contribution in [2.24, 2.45) is 4.99 Å². The topological polar surface area (TPSA) is 40.1 Å². The number of nitrogens with zero attached hydrogens (tertiary/aromatic N) is 3. The molecule has 1 aromatic rings. The number of aliphatic imine (C=N–C) groups is 1. The van der Waals surface area contributed by atoms with Crippen molar-refractivity contribution in [1.29, 1.82) is 0 Å². The van der Waals surface area contributed by atoms with Gasteiger partial charge in [0.05, 0.1) is 0 Å². The van der Waals surface area contributed by atoms with E-state index < -0.39 is 18.8 Å². The first-order valence-corrected chi connectivity index (χ1v) is 8.51. The quantitative estimate of drug-likeness (QED) is 0.474. The van der Waals surface area contributed by atoms with Crippen LogP contribution in [-0.4, -0.2) is 67.8 Å². The number of benzene rings is 1. The zero-order chi connectivity index (χ0) is 20.0. The van der Waals surface area contributed by atoms with E-state index in [1.165, 1.54) is 11.0 Å². The van der Waals surface area contributed by atoms with Gasteiger partial charge >= 0.3 is 12.8 Å². The van der Waals surface area contributed by atoms with Crippen molar-refractivity contribution < 1.29 is 26.7 Å². The van der Waals surface area contributed by atoms with Crippen molar-refractivity contribution in [2.75, 3.05) is 33.2 Å². The number of piperazine rings is 1. The Bertz CT molecular complexity index is 630. The van der Waals surface area contributed by atoms with Gasteiger partial charge in [0.1, 0.15) is 11.8 Å². The molecule has 152 valence electrons. The fourth-order valence-corrected chi connectivity index (χ4v) is 2.90. The second-order valence-corrected chi connectivity index (χ2v) is 6.13. The van der Waals surface area contributed by atoms with Crippen molar-refractivity contribution in [3.8, 4) is 5.75 Å². The van der Waals surface area contributed by atoms with Crippen molar-refractivity contribution in [3.63, 3.8) is 0 Å². The van der Waals surface area contributed by atoms with Gasteiger partial charge in [0, 0.05) is 45.3 Å². The normalized spacial score (nSPS) is 17.9. The average Bonchev–Trinajstić information content (AvgIpc) is 2.62. The second-order valence-electron chi connectivity index (χ2n) is 6.13. The van der Waals surface area contributed by atoms with E-state index in [1.807, 2.05) is 4.90 Å². The number of halogens is 5. The third kappa shape index (κ3) is 5.95. The summed E-state index contributed by atoms with van der Waals surface area (Å²) >= 11 is 0. The van der Waals surface area contributed by atoms with Crippen molar-refractivity contribution in [1.82, 2.24) is 15.1 Å². The van der Waals surface area contributed by atoms with Gasteiger partial charge in [-0.2, -0.15) is 22.0 Å². The highest BCUT2D eigenvalue weighted by molar-refractivity contribution is 5.80. The number of alkyl halides is 5. The van der Waals surface area contributed by atoms with E-state index in [2.05, 4.69) is 15.0 Å². The monoisotopic (exact) mass is 394 g/mol. The molecule has 0 saturated carbocycles. The van der Waals surface area contributed by atoms with Gasteiger partial charge in [-0.15, -0.1) is 0 Å². The molecule has 2 rings (SSSR count). The molecule has 1 aliphatic rings. The van der Waals surface area contributed by atoms with E-state index in [-0.39, 0.29) is 25.4 Å². The summed E-state index contributed by atoms with van der Waals surface area (Å²) in [6, 6.07) is 4.91. The van der Waals surface area contributed by atoms with Gasteiger partial charge in [0.2, 0.25) is 0 Å². The first kappa shape index (κ1) is 21.2. The summed E-state index contributed by atoms with van der Waals surface area (Å²) in [5.74, 6) is 0.570. The van der Waals surface area contributed by atoms with Crippen LogP contribution in [0, 0.1) is 0 Å². The molecule has 1 N–H and O–H groups in total. The van der Waals surface area contributed by atoms with Gasteiger partial charge in [-0.25, -0.2) is 0 Å². The average molecular weight is 394 g/mol. The standard InChI is InChI=1S/C17H23F5N4O/c1-12(17(20,21)22)25-7-9-26(10-8-25)16(23-2)24-11-13-5-3-4-6-14(13)27-15(18)19/h3-6,12,15H,7-11H2,1-2H3,(H,23,24). The third-order valence-electron chi connectivity index (χ3n) is 4.47. The molecule has 5 nitrogen and oxygen atoms in total. The number of para-hydroxylation sites is 1. The summed E-state index contributed by atoms with van der Waals surface area (Å²) in [4.78, 5) is 7.37. The van der Waals surface area contributed by atoms with Crippen LogP contribution >= 0.6 is 0 Å². The van der Waals surface area contributed by atoms with Crippen LogP contribution in [0.3, 0.4) is 0 Å². The Morgan fingerprint density at radius 1 is 1.19 bits per heavy atom. The zero-order valence-electron chi connectivity index (χ0n) is 15.1. The predicted octanol–water partition coefficient (Wildman–Crippen LogP) is 2.93. The molecule has 0 aliphatic carbocycles. The maximum Gasteiger partial charge on any atom is 0.403 e. The maximum atomic E-state index is 12.8. The molecule has 1 aliphatic heterocycles. The molecule has 1 atom stereocenters. The second kappa shape index (κ2) is 9.20. The molecule has 1 unspecified atom stereocenters. The van der Waals surface area contributed by atoms with E-state index in [4.69, 9.17) is 0 Å². The van der Waals surface area contributed by atoms with Gasteiger partial charge in [-0.1, -0.05) is 18.2 Å². The van der Waals surface area contributed by atoms with Crippen LogP contribution in [0.25, 0.3) is 0 Å². The fraction of sp³-hybridized carbons (Fsp3) is 0.588. The lowest BCUT2D eigenvalue weighted by molar-refractivity contribution is -0.181. The first-order valence-electron chi connectivity index (χ1n) is 8.51. The first-order chi connectivity index (χ1) is 12.7. The number of hydrogen-bond donors (Lipinski definition) is 1. The summed E-state index contributed by atoms with van der Waals surface area (Å²) in [7, 11) is 1.56. The van der Waals surface area contributed by atoms with E-state index in [0.717, 1.165) is 6.92 Å². The Labute approximate surface area is 154 Å². The predicted molar refractivity (Wildman–Crippen MR) is 91.9 cm³/mol. The van der Waals surface area contributed by atoms with Crippen LogP contribution in [-0.2, 0) is 6.54 Å². The molecular formula is C17H23F5N4O. The van der Waals surface area contributed by atoms with Crippen LogP contribution in [0.5, 0.6) is 5.75 Å². The lowest BCUT2D eigenvalue weighted by atomic mass is 10.2. The Balaban J connectivity index is 1.92. The van der Waals surface area contributed by atoms with Crippen molar-refractivity contribution in [2.45, 2.75) is 32.3 Å². The SMILES string of the molecule is CN=C(NCc1ccccc1OC(F)F)N1CCN(C(C)C(F)(F)F)CC1. The van der Waals surface area contributed by atoms with Gasteiger partial charge in [0.15, 0.2) is 5.96 Å². The number of ether oxygens (including phenoxy) is 1. The molecule has 27 heavy (non-hydrogen) atoms. The van der Waals surface area contributed by atoms with E-state index in [9.17, 15) is 22.0 Å². The Morgan fingerprint density at radius 2 is 1.81 bits per heavy atom. The van der Waals surface area contributed by atoms with Crippen molar-refractivity contribution in [3.05, 3.63) is 29.8 Å². The largest absolute Gasteiger partial charge is 0.434 e. The van der Waals surface area contributed by atoms with Crippen LogP contribution in [0.1, 0.15) is 12.5 Å². The minimum atomic E-state index is -4.25. The van der Waals surface area contributed by atoms with Crippen molar-refractivity contribution >= 4 is 5.96 Å². The minimum absolute atomic E-state index is 0.0688. The van der Waals surface area contributed by atoms with Crippen LogP contribution in [0.15, 0.2) is 29.3 Å². The molecule has 0 radical (unpaired) electrons. The summed E-state index contributed by atoms with van der Waals surface area (Å²) in [5.41, 5.74) is 0.531. The van der Waals surface area contributed by atoms with Gasteiger partial charge in [-0.05, 0) is 13.0 Å². The molecule has 1 saturated heterocycles. The summed E-state index contributed by atoms with van der Waals surface area (Å²) < 4.78 is 68.0. The Hall–Kier alpha value is -2.10. The highest BCUT2D eigenvalue weighted by Crippen LogP contribution is 2.25. The van der Waals surface area contributed by atoms with Gasteiger partial charge in [0.25, 0.3) is 0 Å². The number of hydrogen-bond acceptors (Lipinski definition) is 3. The lowest BCUT2D eigenvalue weighted by Crippen LogP contribution is -2.56. The highest BCUT2D eigenvalue weighted by atomic mass is 19.4. The molecule has 0 amide bonds. The summed E-state index contributed by atoms with van der Waals surface area (Å²) in [6.45, 7) is -0.282. The fourth-order valence-electron chi connectivity index (χ4n) is 2.90. The summed E-state index contributed by atoms with van der Waals surface area (Å²) in [6.07, 6.45) is -4.25. The molecular weight excluding hydrogens is 371 g/mol. The van der Waals surface area contributed by atoms with Crippen LogP contribution in [0.4, 0.5) is 22.0 Å². The molecule has 0 aromatic heterocycles. The number of guanidine groups is 1. The zero-order valence-corrected chi connectivity index (χ0v) is 15.1. The molecule has 1 heterocycles. The number of nitrogens with one attached hydrogen (secondary N) is 1. The molecule has 0 spiro atoms.